The number of hydrogen-bond acceptors (Lipinski definition) is 4. The number of carbonyl (C=O) groups is 1. The van der Waals surface area contributed by atoms with Crippen LogP contribution in [0.25, 0.3) is 22.2 Å². The van der Waals surface area contributed by atoms with Gasteiger partial charge in [0.05, 0.1) is 30.6 Å². The van der Waals surface area contributed by atoms with Crippen molar-refractivity contribution in [3.63, 3.8) is 0 Å². The minimum atomic E-state index is -0.309. The van der Waals surface area contributed by atoms with Crippen molar-refractivity contribution in [1.82, 2.24) is 4.57 Å². The summed E-state index contributed by atoms with van der Waals surface area (Å²) in [5, 5.41) is 1.23. The maximum absolute atomic E-state index is 12.2. The minimum Gasteiger partial charge on any atom is -0.489 e. The van der Waals surface area contributed by atoms with Crippen LogP contribution in [0, 0.1) is 0 Å². The van der Waals surface area contributed by atoms with E-state index in [1.807, 2.05) is 24.3 Å². The van der Waals surface area contributed by atoms with E-state index in [4.69, 9.17) is 15.2 Å². The molecule has 0 atom stereocenters. The molecule has 1 fully saturated rings. The highest BCUT2D eigenvalue weighted by Gasteiger charge is 2.30. The third kappa shape index (κ3) is 2.87. The fourth-order valence-electron chi connectivity index (χ4n) is 5.09. The number of nitrogen functional groups attached to an aromatic ring is 1. The summed E-state index contributed by atoms with van der Waals surface area (Å²) < 4.78 is 13.3. The lowest BCUT2D eigenvalue weighted by Crippen LogP contribution is -2.07. The van der Waals surface area contributed by atoms with Gasteiger partial charge in [-0.3, -0.25) is 0 Å². The molecule has 0 spiro atoms. The number of methoxy groups -OCH3 is 1. The second-order valence-corrected chi connectivity index (χ2v) is 8.04. The summed E-state index contributed by atoms with van der Waals surface area (Å²) in [6.45, 7) is 1.27. The van der Waals surface area contributed by atoms with Gasteiger partial charge in [-0.25, -0.2) is 4.79 Å². The Morgan fingerprint density at radius 2 is 2.00 bits per heavy atom. The topological polar surface area (TPSA) is 66.5 Å². The molecule has 5 nitrogen and oxygen atoms in total. The maximum atomic E-state index is 12.2. The van der Waals surface area contributed by atoms with E-state index in [0.29, 0.717) is 23.8 Å². The molecule has 29 heavy (non-hydrogen) atoms. The highest BCUT2D eigenvalue weighted by Crippen LogP contribution is 2.48. The summed E-state index contributed by atoms with van der Waals surface area (Å²) in [5.74, 6) is 0.981. The number of nitrogens with two attached hydrogens (primary N) is 1. The standard InChI is InChI=1S/C24H26N2O3/c1-28-24(27)16-10-11-17-20(14-16)26-12-13-29-23-18(8-5-9-19(23)25)22(26)21(17)15-6-3-2-4-7-15/h5,8-11,14-15H,2-4,6-7,12-13,25H2,1H3. The predicted octanol–water partition coefficient (Wildman–Crippen LogP) is 5.12. The van der Waals surface area contributed by atoms with Gasteiger partial charge in [-0.15, -0.1) is 0 Å². The van der Waals surface area contributed by atoms with E-state index in [1.54, 1.807) is 0 Å². The van der Waals surface area contributed by atoms with Crippen LogP contribution in [0.5, 0.6) is 5.75 Å². The highest BCUT2D eigenvalue weighted by molar-refractivity contribution is 5.99. The quantitative estimate of drug-likeness (QED) is 0.487. The van der Waals surface area contributed by atoms with E-state index in [1.165, 1.54) is 55.9 Å². The van der Waals surface area contributed by atoms with Crippen molar-refractivity contribution in [3.05, 3.63) is 47.5 Å². The van der Waals surface area contributed by atoms with Crippen LogP contribution in [-0.4, -0.2) is 24.3 Å². The molecule has 2 aliphatic rings. The number of carbonyl (C=O) groups excluding carboxylic acids is 1. The molecule has 5 rings (SSSR count). The summed E-state index contributed by atoms with van der Waals surface area (Å²) >= 11 is 0. The normalized spacial score (nSPS) is 16.6. The van der Waals surface area contributed by atoms with E-state index < -0.39 is 0 Å². The SMILES string of the molecule is COC(=O)c1ccc2c(C3CCCCC3)c3n(c2c1)CCOc1c(N)cccc1-3. The Bertz CT molecular complexity index is 1090. The average molecular weight is 390 g/mol. The summed E-state index contributed by atoms with van der Waals surface area (Å²) in [7, 11) is 1.42. The summed E-state index contributed by atoms with van der Waals surface area (Å²) in [6.07, 6.45) is 6.23. The molecule has 1 aliphatic heterocycles. The number of rotatable bonds is 2. The molecule has 2 aromatic carbocycles. The second kappa shape index (κ2) is 7.14. The number of nitrogens with zero attached hydrogens (tertiary/aromatic N) is 1. The number of benzene rings is 2. The molecule has 2 heterocycles. The Labute approximate surface area is 170 Å². The molecule has 1 saturated carbocycles. The Hall–Kier alpha value is -2.95. The van der Waals surface area contributed by atoms with Gasteiger partial charge >= 0.3 is 5.97 Å². The smallest absolute Gasteiger partial charge is 0.337 e. The van der Waals surface area contributed by atoms with Crippen molar-refractivity contribution in [1.29, 1.82) is 0 Å². The fourth-order valence-corrected chi connectivity index (χ4v) is 5.09. The zero-order valence-electron chi connectivity index (χ0n) is 16.7. The zero-order valence-corrected chi connectivity index (χ0v) is 16.7. The van der Waals surface area contributed by atoms with Crippen molar-refractivity contribution in [2.24, 2.45) is 0 Å². The van der Waals surface area contributed by atoms with Gasteiger partial charge in [-0.05, 0) is 48.6 Å². The van der Waals surface area contributed by atoms with Gasteiger partial charge in [0.1, 0.15) is 6.61 Å². The molecule has 0 saturated heterocycles. The zero-order chi connectivity index (χ0) is 20.0. The molecule has 5 heteroatoms. The summed E-state index contributed by atoms with van der Waals surface area (Å²) in [5.41, 5.74) is 12.2. The van der Waals surface area contributed by atoms with Crippen molar-refractivity contribution in [2.75, 3.05) is 19.5 Å². The van der Waals surface area contributed by atoms with Crippen LogP contribution in [0.3, 0.4) is 0 Å². The first-order valence-corrected chi connectivity index (χ1v) is 10.4. The maximum Gasteiger partial charge on any atom is 0.337 e. The van der Waals surface area contributed by atoms with E-state index in [0.717, 1.165) is 23.4 Å². The Morgan fingerprint density at radius 3 is 2.79 bits per heavy atom. The largest absolute Gasteiger partial charge is 0.489 e. The number of ether oxygens (including phenoxy) is 2. The molecule has 0 amide bonds. The van der Waals surface area contributed by atoms with Crippen LogP contribution in [0.2, 0.25) is 0 Å². The third-order valence-corrected chi connectivity index (χ3v) is 6.40. The number of esters is 1. The molecule has 1 aliphatic carbocycles. The lowest BCUT2D eigenvalue weighted by Gasteiger charge is -2.23. The van der Waals surface area contributed by atoms with Gasteiger partial charge in [-0.2, -0.15) is 0 Å². The van der Waals surface area contributed by atoms with Gasteiger partial charge in [0.25, 0.3) is 0 Å². The van der Waals surface area contributed by atoms with E-state index in [-0.39, 0.29) is 5.97 Å². The van der Waals surface area contributed by atoms with Crippen LogP contribution in [-0.2, 0) is 11.3 Å². The van der Waals surface area contributed by atoms with E-state index in [2.05, 4.69) is 16.7 Å². The number of anilines is 1. The highest BCUT2D eigenvalue weighted by atomic mass is 16.5. The number of para-hydroxylation sites is 1. The van der Waals surface area contributed by atoms with Gasteiger partial charge in [0, 0.05) is 16.5 Å². The first-order chi connectivity index (χ1) is 14.2. The molecule has 1 aromatic heterocycles. The van der Waals surface area contributed by atoms with Crippen LogP contribution in [0.4, 0.5) is 5.69 Å². The first kappa shape index (κ1) is 18.1. The number of hydrogen-bond donors (Lipinski definition) is 1. The number of fused-ring (bicyclic) bond motifs is 5. The average Bonchev–Trinajstić information content (AvgIpc) is 2.95. The first-order valence-electron chi connectivity index (χ1n) is 10.4. The number of aromatic nitrogens is 1. The van der Waals surface area contributed by atoms with E-state index >= 15 is 0 Å². The summed E-state index contributed by atoms with van der Waals surface area (Å²) in [4.78, 5) is 12.2. The van der Waals surface area contributed by atoms with Crippen LogP contribution >= 0.6 is 0 Å². The van der Waals surface area contributed by atoms with Gasteiger partial charge in [-0.1, -0.05) is 31.4 Å². The van der Waals surface area contributed by atoms with Crippen molar-refractivity contribution in [3.8, 4) is 17.0 Å². The van der Waals surface area contributed by atoms with Gasteiger partial charge < -0.3 is 19.8 Å². The van der Waals surface area contributed by atoms with Gasteiger partial charge in [0.2, 0.25) is 0 Å². The predicted molar refractivity (Wildman–Crippen MR) is 114 cm³/mol. The van der Waals surface area contributed by atoms with Crippen LogP contribution in [0.1, 0.15) is 53.9 Å². The lowest BCUT2D eigenvalue weighted by atomic mass is 9.81. The fraction of sp³-hybridized carbons (Fsp3) is 0.375. The van der Waals surface area contributed by atoms with Crippen molar-refractivity contribution >= 4 is 22.6 Å². The molecule has 150 valence electrons. The van der Waals surface area contributed by atoms with Gasteiger partial charge in [0.15, 0.2) is 5.75 Å². The molecular formula is C24H26N2O3. The lowest BCUT2D eigenvalue weighted by molar-refractivity contribution is 0.0601. The Kier molecular flexibility index (Phi) is 4.46. The van der Waals surface area contributed by atoms with Crippen LogP contribution < -0.4 is 10.5 Å². The molecule has 0 radical (unpaired) electrons. The Balaban J connectivity index is 1.83. The molecular weight excluding hydrogens is 364 g/mol. The second-order valence-electron chi connectivity index (χ2n) is 8.04. The molecule has 0 unspecified atom stereocenters. The Morgan fingerprint density at radius 1 is 1.17 bits per heavy atom. The van der Waals surface area contributed by atoms with Crippen molar-refractivity contribution in [2.45, 2.75) is 44.6 Å². The minimum absolute atomic E-state index is 0.309. The monoisotopic (exact) mass is 390 g/mol. The van der Waals surface area contributed by atoms with E-state index in [9.17, 15) is 4.79 Å². The van der Waals surface area contributed by atoms with Crippen LogP contribution in [0.15, 0.2) is 36.4 Å². The third-order valence-electron chi connectivity index (χ3n) is 6.40. The summed E-state index contributed by atoms with van der Waals surface area (Å²) in [6, 6.07) is 11.9. The molecule has 3 aromatic rings. The molecule has 0 bridgehead atoms. The molecule has 2 N–H and O–H groups in total. The van der Waals surface area contributed by atoms with Crippen molar-refractivity contribution < 1.29 is 14.3 Å².